The number of nitrogens with zero attached hydrogens (tertiary/aromatic N) is 3. The van der Waals surface area contributed by atoms with Gasteiger partial charge in [0.15, 0.2) is 0 Å². The number of hydrogen-bond acceptors (Lipinski definition) is 5. The van der Waals surface area contributed by atoms with E-state index in [1.165, 1.54) is 113 Å². The van der Waals surface area contributed by atoms with Crippen molar-refractivity contribution in [2.45, 2.75) is 138 Å². The summed E-state index contributed by atoms with van der Waals surface area (Å²) in [4.78, 5) is 7.80. The Hall–Kier alpha value is -6.60. The lowest BCUT2D eigenvalue weighted by Crippen LogP contribution is -2.60. The van der Waals surface area contributed by atoms with E-state index in [1.54, 1.807) is 0 Å². The fourth-order valence-corrected chi connectivity index (χ4v) is 14.4. The highest BCUT2D eigenvalue weighted by Crippen LogP contribution is 2.53. The SMILES string of the molecule is Cc1cc2c3c(c1)N(c1ccc(C(C)(C)C)cc1)c1c(sc4ccc(C(C)(C)C)cc14)B3c1cc(C(C)(C)C)ccc1N2c1cc(N(c2ccc(C(C)(C)C)cc2)c2ccc(C(C)(C)C)cc2)c2c(c1)sc1ccccc12. The minimum Gasteiger partial charge on any atom is -0.311 e. The van der Waals surface area contributed by atoms with Gasteiger partial charge in [0.25, 0.3) is 6.71 Å². The van der Waals surface area contributed by atoms with Crippen molar-refractivity contribution < 1.29 is 0 Å². The quantitative estimate of drug-likeness (QED) is 0.159. The van der Waals surface area contributed by atoms with Crippen molar-refractivity contribution >= 4 is 127 Å². The predicted octanol–water partition coefficient (Wildman–Crippen LogP) is 19.6. The fraction of sp³-hybridized carbons (Fsp3) is 0.296. The van der Waals surface area contributed by atoms with Gasteiger partial charge in [-0.15, -0.1) is 22.7 Å². The van der Waals surface area contributed by atoms with Crippen LogP contribution in [0.3, 0.4) is 0 Å². The van der Waals surface area contributed by atoms with Crippen molar-refractivity contribution in [3.8, 4) is 0 Å². The van der Waals surface area contributed by atoms with Gasteiger partial charge in [0, 0.05) is 74.8 Å². The van der Waals surface area contributed by atoms with Crippen molar-refractivity contribution in [2.75, 3.05) is 14.7 Å². The van der Waals surface area contributed by atoms with Crippen LogP contribution in [0.2, 0.25) is 0 Å². The predicted molar refractivity (Wildman–Crippen MR) is 342 cm³/mol. The molecule has 4 heterocycles. The number of aryl methyl sites for hydroxylation is 1. The molecule has 388 valence electrons. The molecule has 0 amide bonds. The van der Waals surface area contributed by atoms with Crippen LogP contribution in [0, 0.1) is 6.92 Å². The van der Waals surface area contributed by atoms with Gasteiger partial charge in [0.1, 0.15) is 0 Å². The zero-order chi connectivity index (χ0) is 54.5. The summed E-state index contributed by atoms with van der Waals surface area (Å²) in [6.07, 6.45) is 0. The van der Waals surface area contributed by atoms with Gasteiger partial charge in [-0.2, -0.15) is 0 Å². The van der Waals surface area contributed by atoms with Gasteiger partial charge >= 0.3 is 0 Å². The number of benzene rings is 8. The highest BCUT2D eigenvalue weighted by Gasteiger charge is 2.46. The molecule has 0 saturated heterocycles. The third kappa shape index (κ3) is 8.70. The molecule has 2 aliphatic rings. The smallest absolute Gasteiger partial charge is 0.264 e. The summed E-state index contributed by atoms with van der Waals surface area (Å²) in [6, 6.07) is 61.8. The topological polar surface area (TPSA) is 9.72 Å². The van der Waals surface area contributed by atoms with Crippen LogP contribution in [0.25, 0.3) is 30.3 Å². The Morgan fingerprint density at radius 2 is 0.896 bits per heavy atom. The van der Waals surface area contributed by atoms with Crippen molar-refractivity contribution in [3.05, 3.63) is 191 Å². The summed E-state index contributed by atoms with van der Waals surface area (Å²) in [5.74, 6) is 0. The van der Waals surface area contributed by atoms with Crippen LogP contribution in [0.1, 0.15) is 137 Å². The molecule has 3 nitrogen and oxygen atoms in total. The molecule has 0 spiro atoms. The molecular formula is C71H74BN3S2. The molecule has 0 saturated carbocycles. The summed E-state index contributed by atoms with van der Waals surface area (Å²) in [6.45, 7) is 37.2. The highest BCUT2D eigenvalue weighted by molar-refractivity contribution is 7.33. The molecule has 0 atom stereocenters. The van der Waals surface area contributed by atoms with Crippen molar-refractivity contribution in [3.63, 3.8) is 0 Å². The van der Waals surface area contributed by atoms with Gasteiger partial charge in [-0.25, -0.2) is 0 Å². The van der Waals surface area contributed by atoms with Crippen molar-refractivity contribution in [1.29, 1.82) is 0 Å². The molecule has 6 heteroatoms. The third-order valence-electron chi connectivity index (χ3n) is 16.5. The van der Waals surface area contributed by atoms with Gasteiger partial charge in [-0.05, 0) is 163 Å². The number of thiophene rings is 2. The second-order valence-corrected chi connectivity index (χ2v) is 29.4. The Labute approximate surface area is 467 Å². The number of fused-ring (bicyclic) bond motifs is 9. The normalized spacial score (nSPS) is 13.9. The van der Waals surface area contributed by atoms with Gasteiger partial charge in [0.2, 0.25) is 0 Å². The molecule has 0 fully saturated rings. The molecule has 2 aliphatic heterocycles. The van der Waals surface area contributed by atoms with E-state index in [-0.39, 0.29) is 33.8 Å². The summed E-state index contributed by atoms with van der Waals surface area (Å²) in [5.41, 5.74) is 21.4. The minimum atomic E-state index is -0.0644. The number of rotatable bonds is 5. The first-order valence-electron chi connectivity index (χ1n) is 27.8. The molecule has 0 radical (unpaired) electrons. The molecule has 0 bridgehead atoms. The molecule has 10 aromatic rings. The first-order chi connectivity index (χ1) is 36.2. The van der Waals surface area contributed by atoms with E-state index in [2.05, 4.69) is 283 Å². The van der Waals surface area contributed by atoms with E-state index >= 15 is 0 Å². The molecule has 0 unspecified atom stereocenters. The molecule has 77 heavy (non-hydrogen) atoms. The second kappa shape index (κ2) is 17.7. The molecule has 8 aromatic carbocycles. The number of hydrogen-bond donors (Lipinski definition) is 0. The summed E-state index contributed by atoms with van der Waals surface area (Å²) >= 11 is 3.89. The lowest BCUT2D eigenvalue weighted by molar-refractivity contribution is 0.590. The average molecular weight is 1040 g/mol. The summed E-state index contributed by atoms with van der Waals surface area (Å²) in [5, 5.41) is 3.87. The van der Waals surface area contributed by atoms with Crippen molar-refractivity contribution in [2.24, 2.45) is 0 Å². The van der Waals surface area contributed by atoms with Crippen LogP contribution in [0.5, 0.6) is 0 Å². The Morgan fingerprint density at radius 1 is 0.403 bits per heavy atom. The maximum absolute atomic E-state index is 2.64. The van der Waals surface area contributed by atoms with Crippen LogP contribution < -0.4 is 30.4 Å². The monoisotopic (exact) mass is 1040 g/mol. The maximum atomic E-state index is 2.64. The summed E-state index contributed by atoms with van der Waals surface area (Å²) < 4.78 is 5.28. The molecule has 0 N–H and O–H groups in total. The van der Waals surface area contributed by atoms with Crippen molar-refractivity contribution in [1.82, 2.24) is 0 Å². The van der Waals surface area contributed by atoms with Gasteiger partial charge in [0.05, 0.1) is 11.4 Å². The molecular weight excluding hydrogens is 970 g/mol. The van der Waals surface area contributed by atoms with E-state index in [1.807, 2.05) is 22.7 Å². The molecule has 12 rings (SSSR count). The lowest BCUT2D eigenvalue weighted by Gasteiger charge is -2.44. The van der Waals surface area contributed by atoms with E-state index in [0.717, 1.165) is 17.1 Å². The Morgan fingerprint density at radius 3 is 1.47 bits per heavy atom. The maximum Gasteiger partial charge on any atom is 0.264 e. The first-order valence-corrected chi connectivity index (χ1v) is 29.4. The van der Waals surface area contributed by atoms with Gasteiger partial charge in [-0.3, -0.25) is 0 Å². The summed E-state index contributed by atoms with van der Waals surface area (Å²) in [7, 11) is 0. The Bertz CT molecular complexity index is 3890. The second-order valence-electron chi connectivity index (χ2n) is 27.3. The standard InChI is InChI=1S/C71H74BN3S2/c1-43-37-58-64-59(38-43)75(51-33-25-46(26-34-51)69(8,9)10)65-54-39-47(70(11,12)13)28-36-61(54)77-66(65)72(64)55-40-48(71(14,15)16)27-35-56(55)74(58)52-41-57(63-53-19-17-18-20-60(53)76-62(63)42-52)73(49-29-21-44(22-30-49)67(2,3)4)50-31-23-45(24-32-50)68(5,6)7/h17-42H,1-16H3. The van der Waals surface area contributed by atoms with E-state index in [0.29, 0.717) is 0 Å². The van der Waals surface area contributed by atoms with E-state index in [9.17, 15) is 0 Å². The van der Waals surface area contributed by atoms with Gasteiger partial charge in [-0.1, -0.05) is 177 Å². The zero-order valence-electron chi connectivity index (χ0n) is 48.2. The van der Waals surface area contributed by atoms with E-state index in [4.69, 9.17) is 0 Å². The van der Waals surface area contributed by atoms with Crippen LogP contribution in [-0.2, 0) is 27.1 Å². The Kier molecular flexibility index (Phi) is 11.8. The highest BCUT2D eigenvalue weighted by atomic mass is 32.1. The lowest BCUT2D eigenvalue weighted by atomic mass is 9.36. The average Bonchev–Trinajstić information content (AvgIpc) is 4.20. The van der Waals surface area contributed by atoms with Crippen LogP contribution in [0.15, 0.2) is 158 Å². The largest absolute Gasteiger partial charge is 0.311 e. The third-order valence-corrected chi connectivity index (χ3v) is 18.8. The van der Waals surface area contributed by atoms with Crippen LogP contribution >= 0.6 is 22.7 Å². The van der Waals surface area contributed by atoms with Crippen LogP contribution in [-0.4, -0.2) is 6.71 Å². The number of anilines is 9. The van der Waals surface area contributed by atoms with E-state index < -0.39 is 0 Å². The Balaban J connectivity index is 1.17. The van der Waals surface area contributed by atoms with Gasteiger partial charge < -0.3 is 14.7 Å². The first kappa shape index (κ1) is 51.2. The molecule has 0 aliphatic carbocycles. The minimum absolute atomic E-state index is 0.00617. The zero-order valence-corrected chi connectivity index (χ0v) is 49.9. The molecule has 2 aromatic heterocycles. The fourth-order valence-electron chi connectivity index (χ4n) is 12.0. The van der Waals surface area contributed by atoms with Crippen LogP contribution in [0.4, 0.5) is 51.2 Å².